The predicted octanol–water partition coefficient (Wildman–Crippen LogP) is 4.65. The van der Waals surface area contributed by atoms with E-state index in [9.17, 15) is 0 Å². The number of nitrogens with two attached hydrogens (primary N) is 1. The lowest BCUT2D eigenvalue weighted by molar-refractivity contribution is 0.647. The maximum Gasteiger partial charge on any atom is 0.0637 e. The lowest BCUT2D eigenvalue weighted by Crippen LogP contribution is -2.20. The number of hydrogen-bond donors (Lipinski definition) is 2. The first kappa shape index (κ1) is 15.9. The summed E-state index contributed by atoms with van der Waals surface area (Å²) < 4.78 is 0. The number of benzene rings is 2. The summed E-state index contributed by atoms with van der Waals surface area (Å²) in [5.74, 6) is 0.669. The van der Waals surface area contributed by atoms with Crippen LogP contribution in [0.3, 0.4) is 0 Å². The van der Waals surface area contributed by atoms with Crippen LogP contribution >= 0.6 is 11.6 Å². The van der Waals surface area contributed by atoms with Crippen molar-refractivity contribution in [2.24, 2.45) is 11.7 Å². The molecule has 0 amide bonds. The second-order valence-electron chi connectivity index (χ2n) is 5.75. The summed E-state index contributed by atoms with van der Waals surface area (Å²) in [4.78, 5) is 0. The van der Waals surface area contributed by atoms with E-state index in [2.05, 4.69) is 43.4 Å². The molecule has 0 heterocycles. The standard InChI is InChI=1S/C18H23ClN2/c1-13(2)11-14-7-9-15(10-8-14)18(12-20)21-17-6-4-3-5-16(17)19/h3-10,13,18,21H,11-12,20H2,1-2H3. The minimum atomic E-state index is 0.0676. The fourth-order valence-corrected chi connectivity index (χ4v) is 2.59. The van der Waals surface area contributed by atoms with Crippen LogP contribution in [0.25, 0.3) is 0 Å². The van der Waals surface area contributed by atoms with Crippen LogP contribution in [0, 0.1) is 5.92 Å². The van der Waals surface area contributed by atoms with Gasteiger partial charge in [0.2, 0.25) is 0 Å². The molecule has 0 aliphatic heterocycles. The molecule has 0 saturated heterocycles. The van der Waals surface area contributed by atoms with E-state index in [1.165, 1.54) is 11.1 Å². The van der Waals surface area contributed by atoms with Crippen LogP contribution in [0.4, 0.5) is 5.69 Å². The lowest BCUT2D eigenvalue weighted by Gasteiger charge is -2.20. The normalized spacial score (nSPS) is 12.4. The molecule has 0 saturated carbocycles. The van der Waals surface area contributed by atoms with Crippen molar-refractivity contribution in [1.82, 2.24) is 0 Å². The maximum absolute atomic E-state index is 6.19. The zero-order valence-corrected chi connectivity index (χ0v) is 13.4. The van der Waals surface area contributed by atoms with Gasteiger partial charge in [-0.3, -0.25) is 0 Å². The second-order valence-corrected chi connectivity index (χ2v) is 6.16. The summed E-state index contributed by atoms with van der Waals surface area (Å²) in [5, 5.41) is 4.13. The molecule has 0 aromatic heterocycles. The fourth-order valence-electron chi connectivity index (χ4n) is 2.40. The van der Waals surface area contributed by atoms with Crippen molar-refractivity contribution in [3.05, 3.63) is 64.7 Å². The van der Waals surface area contributed by atoms with E-state index in [1.54, 1.807) is 0 Å². The molecule has 1 atom stereocenters. The Balaban J connectivity index is 2.12. The Bertz CT molecular complexity index is 564. The van der Waals surface area contributed by atoms with Crippen LogP contribution in [0.2, 0.25) is 5.02 Å². The number of rotatable bonds is 6. The monoisotopic (exact) mass is 302 g/mol. The van der Waals surface area contributed by atoms with E-state index >= 15 is 0 Å². The van der Waals surface area contributed by atoms with Crippen molar-refractivity contribution >= 4 is 17.3 Å². The van der Waals surface area contributed by atoms with Gasteiger partial charge in [0.25, 0.3) is 0 Å². The van der Waals surface area contributed by atoms with Crippen LogP contribution in [0.1, 0.15) is 31.0 Å². The zero-order valence-electron chi connectivity index (χ0n) is 12.6. The molecule has 0 bridgehead atoms. The molecule has 3 N–H and O–H groups in total. The third-order valence-corrected chi connectivity index (χ3v) is 3.79. The van der Waals surface area contributed by atoms with Crippen molar-refractivity contribution in [3.63, 3.8) is 0 Å². The molecule has 21 heavy (non-hydrogen) atoms. The summed E-state index contributed by atoms with van der Waals surface area (Å²) in [6.07, 6.45) is 1.10. The van der Waals surface area contributed by atoms with E-state index in [0.29, 0.717) is 17.5 Å². The van der Waals surface area contributed by atoms with Gasteiger partial charge >= 0.3 is 0 Å². The fraction of sp³-hybridized carbons (Fsp3) is 0.333. The van der Waals surface area contributed by atoms with E-state index in [-0.39, 0.29) is 6.04 Å². The molecule has 0 radical (unpaired) electrons. The first-order chi connectivity index (χ1) is 10.1. The van der Waals surface area contributed by atoms with Crippen molar-refractivity contribution in [3.8, 4) is 0 Å². The molecule has 2 rings (SSSR count). The Morgan fingerprint density at radius 1 is 1.05 bits per heavy atom. The number of halogens is 1. The molecule has 2 aromatic rings. The van der Waals surface area contributed by atoms with Gasteiger partial charge in [0, 0.05) is 6.54 Å². The third kappa shape index (κ3) is 4.48. The summed E-state index contributed by atoms with van der Waals surface area (Å²) in [5.41, 5.74) is 9.38. The van der Waals surface area contributed by atoms with Gasteiger partial charge in [0.05, 0.1) is 16.8 Å². The highest BCUT2D eigenvalue weighted by molar-refractivity contribution is 6.33. The Labute approximate surface area is 132 Å². The maximum atomic E-state index is 6.19. The van der Waals surface area contributed by atoms with Gasteiger partial charge in [-0.2, -0.15) is 0 Å². The van der Waals surface area contributed by atoms with Gasteiger partial charge in [-0.25, -0.2) is 0 Å². The second kappa shape index (κ2) is 7.48. The molecule has 1 unspecified atom stereocenters. The quantitative estimate of drug-likeness (QED) is 0.815. The summed E-state index contributed by atoms with van der Waals surface area (Å²) >= 11 is 6.19. The Morgan fingerprint density at radius 3 is 2.29 bits per heavy atom. The summed E-state index contributed by atoms with van der Waals surface area (Å²) in [7, 11) is 0. The van der Waals surface area contributed by atoms with Crippen LogP contribution in [0.5, 0.6) is 0 Å². The van der Waals surface area contributed by atoms with Crippen LogP contribution in [-0.2, 0) is 6.42 Å². The molecule has 112 valence electrons. The molecule has 0 spiro atoms. The minimum Gasteiger partial charge on any atom is -0.376 e. The predicted molar refractivity (Wildman–Crippen MR) is 91.9 cm³/mol. The Kier molecular flexibility index (Phi) is 5.66. The molecular formula is C18H23ClN2. The molecule has 0 fully saturated rings. The van der Waals surface area contributed by atoms with Gasteiger partial charge in [0.1, 0.15) is 0 Å². The van der Waals surface area contributed by atoms with E-state index in [0.717, 1.165) is 12.1 Å². The highest BCUT2D eigenvalue weighted by Gasteiger charge is 2.11. The molecule has 2 nitrogen and oxygen atoms in total. The van der Waals surface area contributed by atoms with Gasteiger partial charge in [-0.1, -0.05) is 61.8 Å². The average Bonchev–Trinajstić information content (AvgIpc) is 2.47. The number of hydrogen-bond acceptors (Lipinski definition) is 2. The minimum absolute atomic E-state index is 0.0676. The number of nitrogens with one attached hydrogen (secondary N) is 1. The topological polar surface area (TPSA) is 38.0 Å². The number of anilines is 1. The van der Waals surface area contributed by atoms with E-state index < -0.39 is 0 Å². The van der Waals surface area contributed by atoms with Crippen molar-refractivity contribution in [2.75, 3.05) is 11.9 Å². The average molecular weight is 303 g/mol. The van der Waals surface area contributed by atoms with Gasteiger partial charge < -0.3 is 11.1 Å². The summed E-state index contributed by atoms with van der Waals surface area (Å²) in [6.45, 7) is 4.99. The van der Waals surface area contributed by atoms with Crippen molar-refractivity contribution in [2.45, 2.75) is 26.3 Å². The third-order valence-electron chi connectivity index (χ3n) is 3.47. The zero-order chi connectivity index (χ0) is 15.2. The lowest BCUT2D eigenvalue weighted by atomic mass is 9.99. The first-order valence-electron chi connectivity index (χ1n) is 7.40. The molecule has 2 aromatic carbocycles. The van der Waals surface area contributed by atoms with Crippen LogP contribution in [-0.4, -0.2) is 6.54 Å². The van der Waals surface area contributed by atoms with Gasteiger partial charge in [-0.15, -0.1) is 0 Å². The van der Waals surface area contributed by atoms with Crippen LogP contribution in [0.15, 0.2) is 48.5 Å². The van der Waals surface area contributed by atoms with E-state index in [1.807, 2.05) is 24.3 Å². The Hall–Kier alpha value is -1.51. The molecule has 3 heteroatoms. The van der Waals surface area contributed by atoms with Crippen LogP contribution < -0.4 is 11.1 Å². The molecular weight excluding hydrogens is 280 g/mol. The Morgan fingerprint density at radius 2 is 1.71 bits per heavy atom. The van der Waals surface area contributed by atoms with Gasteiger partial charge in [-0.05, 0) is 35.6 Å². The van der Waals surface area contributed by atoms with Crippen molar-refractivity contribution < 1.29 is 0 Å². The smallest absolute Gasteiger partial charge is 0.0637 e. The van der Waals surface area contributed by atoms with Gasteiger partial charge in [0.15, 0.2) is 0 Å². The molecule has 0 aliphatic rings. The highest BCUT2D eigenvalue weighted by atomic mass is 35.5. The van der Waals surface area contributed by atoms with E-state index in [4.69, 9.17) is 17.3 Å². The molecule has 0 aliphatic carbocycles. The summed E-state index contributed by atoms with van der Waals surface area (Å²) in [6, 6.07) is 16.5. The largest absolute Gasteiger partial charge is 0.376 e. The van der Waals surface area contributed by atoms with Crippen molar-refractivity contribution in [1.29, 1.82) is 0 Å². The SMILES string of the molecule is CC(C)Cc1ccc(C(CN)Nc2ccccc2Cl)cc1. The first-order valence-corrected chi connectivity index (χ1v) is 7.78. The number of para-hydroxylation sites is 1. The highest BCUT2D eigenvalue weighted by Crippen LogP contribution is 2.26.